The number of nitro groups is 1. The predicted molar refractivity (Wildman–Crippen MR) is 87.3 cm³/mol. The number of ether oxygens (including phenoxy) is 1. The van der Waals surface area contributed by atoms with Crippen molar-refractivity contribution in [3.63, 3.8) is 0 Å². The van der Waals surface area contributed by atoms with Gasteiger partial charge in [-0.15, -0.1) is 0 Å². The number of rotatable bonds is 5. The second-order valence-electron chi connectivity index (χ2n) is 5.93. The minimum absolute atomic E-state index is 0.0137. The van der Waals surface area contributed by atoms with E-state index in [0.717, 1.165) is 24.2 Å². The maximum atomic E-state index is 13.6. The summed E-state index contributed by atoms with van der Waals surface area (Å²) >= 11 is 0.999. The molecular weight excluding hydrogens is 333 g/mol. The van der Waals surface area contributed by atoms with E-state index in [1.54, 1.807) is 17.5 Å². The van der Waals surface area contributed by atoms with Crippen LogP contribution in [0.3, 0.4) is 0 Å². The van der Waals surface area contributed by atoms with E-state index >= 15 is 0 Å². The highest BCUT2D eigenvalue weighted by Gasteiger charge is 2.44. The van der Waals surface area contributed by atoms with Gasteiger partial charge >= 0.3 is 11.0 Å². The van der Waals surface area contributed by atoms with Gasteiger partial charge in [0.25, 0.3) is 0 Å². The number of halogens is 1. The molecule has 1 saturated carbocycles. The lowest BCUT2D eigenvalue weighted by Gasteiger charge is -2.27. The second-order valence-corrected chi connectivity index (χ2v) is 6.82. The first-order chi connectivity index (χ1) is 11.5. The highest BCUT2D eigenvalue weighted by molar-refractivity contribution is 7.13. The maximum Gasteiger partial charge on any atom is 0.324 e. The fourth-order valence-corrected chi connectivity index (χ4v) is 3.91. The van der Waals surface area contributed by atoms with Crippen molar-refractivity contribution < 1.29 is 18.8 Å². The third kappa shape index (κ3) is 3.17. The summed E-state index contributed by atoms with van der Waals surface area (Å²) in [7, 11) is 0. The van der Waals surface area contributed by atoms with Crippen LogP contribution in [0.15, 0.2) is 35.7 Å². The first kappa shape index (κ1) is 16.6. The standard InChI is InChI=1S/C17H16FNO4S/c18-14-5-3-4-13(9-14)17(6-1-2-7-17)16(20)23-10-12-8-15(19(21)22)24-11-12/h3-5,8-9,11H,1-2,6-7,10H2. The van der Waals surface area contributed by atoms with Gasteiger partial charge in [0.15, 0.2) is 0 Å². The summed E-state index contributed by atoms with van der Waals surface area (Å²) in [5, 5.41) is 12.3. The van der Waals surface area contributed by atoms with Crippen molar-refractivity contribution in [3.8, 4) is 0 Å². The van der Waals surface area contributed by atoms with Gasteiger partial charge in [-0.05, 0) is 30.5 Å². The Balaban J connectivity index is 1.76. The minimum atomic E-state index is -0.815. The van der Waals surface area contributed by atoms with Gasteiger partial charge in [0, 0.05) is 17.0 Å². The van der Waals surface area contributed by atoms with Crippen LogP contribution in [0, 0.1) is 15.9 Å². The largest absolute Gasteiger partial charge is 0.460 e. The molecule has 1 aromatic carbocycles. The quantitative estimate of drug-likeness (QED) is 0.457. The SMILES string of the molecule is O=C(OCc1csc([N+](=O)[O-])c1)C1(c2cccc(F)c2)CCCC1. The van der Waals surface area contributed by atoms with Gasteiger partial charge < -0.3 is 4.74 Å². The van der Waals surface area contributed by atoms with E-state index in [0.29, 0.717) is 24.0 Å². The van der Waals surface area contributed by atoms with E-state index in [4.69, 9.17) is 4.74 Å². The summed E-state index contributed by atoms with van der Waals surface area (Å²) in [5.41, 5.74) is 0.415. The number of thiophene rings is 1. The lowest BCUT2D eigenvalue weighted by atomic mass is 9.79. The van der Waals surface area contributed by atoms with Crippen LogP contribution in [0.4, 0.5) is 9.39 Å². The Morgan fingerprint density at radius 3 is 2.71 bits per heavy atom. The van der Waals surface area contributed by atoms with Crippen molar-refractivity contribution in [1.29, 1.82) is 0 Å². The molecule has 0 amide bonds. The zero-order valence-corrected chi connectivity index (χ0v) is 13.7. The van der Waals surface area contributed by atoms with Gasteiger partial charge in [-0.1, -0.05) is 36.3 Å². The number of carbonyl (C=O) groups excluding carboxylic acids is 1. The Kier molecular flexibility index (Phi) is 4.62. The molecule has 1 aliphatic carbocycles. The van der Waals surface area contributed by atoms with E-state index in [-0.39, 0.29) is 23.4 Å². The zero-order valence-electron chi connectivity index (χ0n) is 12.9. The summed E-state index contributed by atoms with van der Waals surface area (Å²) in [5.74, 6) is -0.764. The number of benzene rings is 1. The molecule has 0 saturated heterocycles. The highest BCUT2D eigenvalue weighted by atomic mass is 32.1. The van der Waals surface area contributed by atoms with Crippen molar-refractivity contribution in [3.05, 3.63) is 62.8 Å². The number of esters is 1. The van der Waals surface area contributed by atoms with Crippen molar-refractivity contribution in [2.24, 2.45) is 0 Å². The van der Waals surface area contributed by atoms with Crippen molar-refractivity contribution in [2.75, 3.05) is 0 Å². The third-order valence-corrected chi connectivity index (χ3v) is 5.34. The van der Waals surface area contributed by atoms with Crippen LogP contribution in [0.1, 0.15) is 36.8 Å². The van der Waals surface area contributed by atoms with Crippen molar-refractivity contribution in [1.82, 2.24) is 0 Å². The average Bonchev–Trinajstić information content (AvgIpc) is 3.23. The van der Waals surface area contributed by atoms with Crippen LogP contribution in [0.5, 0.6) is 0 Å². The Morgan fingerprint density at radius 1 is 1.33 bits per heavy atom. The second kappa shape index (κ2) is 6.68. The Hall–Kier alpha value is -2.28. The van der Waals surface area contributed by atoms with E-state index in [1.165, 1.54) is 18.2 Å². The molecule has 7 heteroatoms. The molecule has 3 rings (SSSR count). The number of nitrogens with zero attached hydrogens (tertiary/aromatic N) is 1. The summed E-state index contributed by atoms with van der Waals surface area (Å²) in [6, 6.07) is 7.50. The van der Waals surface area contributed by atoms with Gasteiger partial charge in [-0.2, -0.15) is 0 Å². The molecule has 24 heavy (non-hydrogen) atoms. The molecule has 1 heterocycles. The molecule has 0 N–H and O–H groups in total. The summed E-state index contributed by atoms with van der Waals surface area (Å²) in [4.78, 5) is 22.9. The molecule has 126 valence electrons. The van der Waals surface area contributed by atoms with Crippen LogP contribution < -0.4 is 0 Å². The van der Waals surface area contributed by atoms with Crippen LogP contribution in [0.25, 0.3) is 0 Å². The number of carbonyl (C=O) groups is 1. The van der Waals surface area contributed by atoms with Gasteiger partial charge in [-0.3, -0.25) is 14.9 Å². The molecule has 1 aromatic heterocycles. The monoisotopic (exact) mass is 349 g/mol. The average molecular weight is 349 g/mol. The summed E-state index contributed by atoms with van der Waals surface area (Å²) < 4.78 is 19.0. The van der Waals surface area contributed by atoms with Crippen molar-refractivity contribution >= 4 is 22.3 Å². The van der Waals surface area contributed by atoms with Gasteiger partial charge in [-0.25, -0.2) is 4.39 Å². The summed E-state index contributed by atoms with van der Waals surface area (Å²) in [6.07, 6.45) is 3.02. The first-order valence-corrected chi connectivity index (χ1v) is 8.54. The normalized spacial score (nSPS) is 16.0. The Labute approximate surface area is 142 Å². The van der Waals surface area contributed by atoms with E-state index in [1.807, 2.05) is 0 Å². The van der Waals surface area contributed by atoms with Crippen LogP contribution in [0.2, 0.25) is 0 Å². The molecule has 2 aromatic rings. The predicted octanol–water partition coefficient (Wildman–Crippen LogP) is 4.35. The molecule has 0 atom stereocenters. The smallest absolute Gasteiger partial charge is 0.324 e. The van der Waals surface area contributed by atoms with Crippen molar-refractivity contribution in [2.45, 2.75) is 37.7 Å². The zero-order chi connectivity index (χ0) is 17.2. The lowest BCUT2D eigenvalue weighted by Crippen LogP contribution is -2.34. The molecule has 0 bridgehead atoms. The molecular formula is C17H16FNO4S. The van der Waals surface area contributed by atoms with Crippen LogP contribution in [-0.4, -0.2) is 10.9 Å². The van der Waals surface area contributed by atoms with Crippen LogP contribution >= 0.6 is 11.3 Å². The fraction of sp³-hybridized carbons (Fsp3) is 0.353. The Morgan fingerprint density at radius 2 is 2.08 bits per heavy atom. The highest BCUT2D eigenvalue weighted by Crippen LogP contribution is 2.42. The molecule has 0 spiro atoms. The van der Waals surface area contributed by atoms with Crippen LogP contribution in [-0.2, 0) is 21.6 Å². The number of hydrogen-bond acceptors (Lipinski definition) is 5. The maximum absolute atomic E-state index is 13.6. The van der Waals surface area contributed by atoms with E-state index < -0.39 is 10.3 Å². The van der Waals surface area contributed by atoms with E-state index in [2.05, 4.69) is 0 Å². The van der Waals surface area contributed by atoms with Gasteiger partial charge in [0.05, 0.1) is 10.3 Å². The molecule has 0 radical (unpaired) electrons. The van der Waals surface area contributed by atoms with Gasteiger partial charge in [0.2, 0.25) is 0 Å². The molecule has 5 nitrogen and oxygen atoms in total. The first-order valence-electron chi connectivity index (χ1n) is 7.66. The minimum Gasteiger partial charge on any atom is -0.460 e. The molecule has 0 aliphatic heterocycles. The molecule has 0 unspecified atom stereocenters. The molecule has 1 aliphatic rings. The van der Waals surface area contributed by atoms with E-state index in [9.17, 15) is 19.3 Å². The van der Waals surface area contributed by atoms with Gasteiger partial charge in [0.1, 0.15) is 12.4 Å². The topological polar surface area (TPSA) is 69.4 Å². The molecule has 1 fully saturated rings. The number of hydrogen-bond donors (Lipinski definition) is 0. The lowest BCUT2D eigenvalue weighted by molar-refractivity contribution is -0.380. The summed E-state index contributed by atoms with van der Waals surface area (Å²) in [6.45, 7) is -0.0137. The fourth-order valence-electron chi connectivity index (χ4n) is 3.20. The Bertz CT molecular complexity index is 767. The third-order valence-electron chi connectivity index (χ3n) is 4.41.